The molecular formula is C12H17NO. The van der Waals surface area contributed by atoms with Crippen molar-refractivity contribution in [1.82, 2.24) is 5.32 Å². The van der Waals surface area contributed by atoms with Crippen molar-refractivity contribution in [3.05, 3.63) is 34.9 Å². The summed E-state index contributed by atoms with van der Waals surface area (Å²) in [5, 5.41) is 3.37. The van der Waals surface area contributed by atoms with Gasteiger partial charge in [-0.15, -0.1) is 0 Å². The zero-order valence-corrected chi connectivity index (χ0v) is 9.05. The highest BCUT2D eigenvalue weighted by Crippen LogP contribution is 2.31. The predicted octanol–water partition coefficient (Wildman–Crippen LogP) is 1.75. The maximum atomic E-state index is 5.32. The first-order valence-electron chi connectivity index (χ1n) is 5.02. The summed E-state index contributed by atoms with van der Waals surface area (Å²) in [6.45, 7) is 5.86. The van der Waals surface area contributed by atoms with Crippen LogP contribution in [-0.4, -0.2) is 20.3 Å². The van der Waals surface area contributed by atoms with Crippen LogP contribution < -0.4 is 5.32 Å². The Kier molecular flexibility index (Phi) is 2.33. The van der Waals surface area contributed by atoms with Crippen LogP contribution in [0.25, 0.3) is 0 Å². The molecule has 1 aliphatic heterocycles. The number of nitrogens with one attached hydrogen (secondary N) is 1. The van der Waals surface area contributed by atoms with Gasteiger partial charge in [0.1, 0.15) is 0 Å². The minimum absolute atomic E-state index is 0.0656. The van der Waals surface area contributed by atoms with Crippen molar-refractivity contribution in [3.8, 4) is 0 Å². The first kappa shape index (κ1) is 9.69. The lowest BCUT2D eigenvalue weighted by Crippen LogP contribution is -2.56. The molecule has 14 heavy (non-hydrogen) atoms. The molecule has 0 amide bonds. The Hall–Kier alpha value is -0.860. The molecular weight excluding hydrogens is 174 g/mol. The van der Waals surface area contributed by atoms with Crippen molar-refractivity contribution in [3.63, 3.8) is 0 Å². The van der Waals surface area contributed by atoms with Gasteiger partial charge in [0.25, 0.3) is 0 Å². The summed E-state index contributed by atoms with van der Waals surface area (Å²) in [5.74, 6) is 0. The third kappa shape index (κ3) is 1.35. The number of ether oxygens (including phenoxy) is 1. The lowest BCUT2D eigenvalue weighted by atomic mass is 9.84. The lowest BCUT2D eigenvalue weighted by Gasteiger charge is -2.42. The smallest absolute Gasteiger partial charge is 0.0908 e. The molecule has 1 aliphatic rings. The number of hydrogen-bond donors (Lipinski definition) is 1. The van der Waals surface area contributed by atoms with E-state index in [-0.39, 0.29) is 5.54 Å². The molecule has 2 rings (SSSR count). The Morgan fingerprint density at radius 2 is 2.00 bits per heavy atom. The van der Waals surface area contributed by atoms with E-state index in [1.807, 2.05) is 7.05 Å². The first-order valence-corrected chi connectivity index (χ1v) is 5.02. The molecule has 76 valence electrons. The van der Waals surface area contributed by atoms with E-state index >= 15 is 0 Å². The minimum atomic E-state index is 0.0656. The quantitative estimate of drug-likeness (QED) is 0.769. The number of aryl methyl sites for hydroxylation is 2. The molecule has 0 aromatic heterocycles. The van der Waals surface area contributed by atoms with E-state index in [2.05, 4.69) is 37.4 Å². The normalized spacial score (nSPS) is 19.1. The SMILES string of the molecule is CNC1(c2cc(C)ccc2C)COC1. The summed E-state index contributed by atoms with van der Waals surface area (Å²) in [4.78, 5) is 0. The number of benzene rings is 1. The largest absolute Gasteiger partial charge is 0.377 e. The number of rotatable bonds is 2. The van der Waals surface area contributed by atoms with Crippen LogP contribution in [0.4, 0.5) is 0 Å². The number of likely N-dealkylation sites (N-methyl/N-ethyl adjacent to an activating group) is 1. The third-order valence-corrected chi connectivity index (χ3v) is 3.08. The van der Waals surface area contributed by atoms with Gasteiger partial charge < -0.3 is 10.1 Å². The van der Waals surface area contributed by atoms with Crippen LogP contribution in [0.2, 0.25) is 0 Å². The molecule has 1 saturated heterocycles. The molecule has 0 spiro atoms. The molecule has 2 heteroatoms. The maximum absolute atomic E-state index is 5.32. The van der Waals surface area contributed by atoms with Gasteiger partial charge in [-0.05, 0) is 32.0 Å². The standard InChI is InChI=1S/C12H17NO/c1-9-4-5-10(2)11(6-9)12(13-3)7-14-8-12/h4-6,13H,7-8H2,1-3H3. The van der Waals surface area contributed by atoms with Crippen molar-refractivity contribution in [1.29, 1.82) is 0 Å². The fourth-order valence-corrected chi connectivity index (χ4v) is 1.99. The van der Waals surface area contributed by atoms with Crippen molar-refractivity contribution in [2.45, 2.75) is 19.4 Å². The van der Waals surface area contributed by atoms with E-state index in [1.165, 1.54) is 16.7 Å². The van der Waals surface area contributed by atoms with Crippen LogP contribution in [0, 0.1) is 13.8 Å². The summed E-state index contributed by atoms with van der Waals surface area (Å²) in [5.41, 5.74) is 4.10. The maximum Gasteiger partial charge on any atom is 0.0908 e. The second-order valence-corrected chi connectivity index (χ2v) is 4.14. The summed E-state index contributed by atoms with van der Waals surface area (Å²) >= 11 is 0. The zero-order chi connectivity index (χ0) is 10.2. The highest BCUT2D eigenvalue weighted by molar-refractivity contribution is 5.37. The van der Waals surface area contributed by atoms with Gasteiger partial charge in [0.15, 0.2) is 0 Å². The Morgan fingerprint density at radius 1 is 1.29 bits per heavy atom. The van der Waals surface area contributed by atoms with Crippen molar-refractivity contribution < 1.29 is 4.74 Å². The van der Waals surface area contributed by atoms with E-state index in [4.69, 9.17) is 4.74 Å². The van der Waals surface area contributed by atoms with Crippen molar-refractivity contribution >= 4 is 0 Å². The van der Waals surface area contributed by atoms with Crippen LogP contribution in [0.5, 0.6) is 0 Å². The van der Waals surface area contributed by atoms with E-state index in [9.17, 15) is 0 Å². The van der Waals surface area contributed by atoms with Gasteiger partial charge in [-0.2, -0.15) is 0 Å². The molecule has 0 radical (unpaired) electrons. The molecule has 1 heterocycles. The summed E-state index contributed by atoms with van der Waals surface area (Å²) in [6.07, 6.45) is 0. The average Bonchev–Trinajstić information content (AvgIpc) is 2.10. The highest BCUT2D eigenvalue weighted by atomic mass is 16.5. The van der Waals surface area contributed by atoms with Crippen LogP contribution in [-0.2, 0) is 10.3 Å². The van der Waals surface area contributed by atoms with Crippen molar-refractivity contribution in [2.75, 3.05) is 20.3 Å². The molecule has 1 aromatic carbocycles. The average molecular weight is 191 g/mol. The fourth-order valence-electron chi connectivity index (χ4n) is 1.99. The molecule has 0 aliphatic carbocycles. The topological polar surface area (TPSA) is 21.3 Å². The van der Waals surface area contributed by atoms with Gasteiger partial charge in [-0.25, -0.2) is 0 Å². The lowest BCUT2D eigenvalue weighted by molar-refractivity contribution is -0.0751. The van der Waals surface area contributed by atoms with Crippen LogP contribution in [0.1, 0.15) is 16.7 Å². The molecule has 0 saturated carbocycles. The van der Waals surface area contributed by atoms with Gasteiger partial charge >= 0.3 is 0 Å². The second kappa shape index (κ2) is 3.37. The Bertz CT molecular complexity index is 337. The van der Waals surface area contributed by atoms with Crippen molar-refractivity contribution in [2.24, 2.45) is 0 Å². The first-order chi connectivity index (χ1) is 6.68. The zero-order valence-electron chi connectivity index (χ0n) is 9.05. The Balaban J connectivity index is 2.43. The fraction of sp³-hybridized carbons (Fsp3) is 0.500. The van der Waals surface area contributed by atoms with Crippen LogP contribution in [0.15, 0.2) is 18.2 Å². The van der Waals surface area contributed by atoms with Gasteiger partial charge in [-0.3, -0.25) is 0 Å². The molecule has 1 aromatic rings. The molecule has 1 N–H and O–H groups in total. The van der Waals surface area contributed by atoms with Gasteiger partial charge in [0.05, 0.1) is 18.8 Å². The number of hydrogen-bond acceptors (Lipinski definition) is 2. The summed E-state index contributed by atoms with van der Waals surface area (Å²) in [7, 11) is 2.00. The van der Waals surface area contributed by atoms with Gasteiger partial charge in [-0.1, -0.05) is 23.8 Å². The van der Waals surface area contributed by atoms with E-state index in [0.29, 0.717) is 0 Å². The summed E-state index contributed by atoms with van der Waals surface area (Å²) in [6, 6.07) is 6.60. The minimum Gasteiger partial charge on any atom is -0.377 e. The highest BCUT2D eigenvalue weighted by Gasteiger charge is 2.39. The van der Waals surface area contributed by atoms with E-state index in [0.717, 1.165) is 13.2 Å². The molecule has 0 atom stereocenters. The third-order valence-electron chi connectivity index (χ3n) is 3.08. The van der Waals surface area contributed by atoms with E-state index < -0.39 is 0 Å². The second-order valence-electron chi connectivity index (χ2n) is 4.14. The Morgan fingerprint density at radius 3 is 2.50 bits per heavy atom. The van der Waals surface area contributed by atoms with Gasteiger partial charge in [0, 0.05) is 0 Å². The van der Waals surface area contributed by atoms with Crippen LogP contribution in [0.3, 0.4) is 0 Å². The van der Waals surface area contributed by atoms with E-state index in [1.54, 1.807) is 0 Å². The molecule has 1 fully saturated rings. The molecule has 2 nitrogen and oxygen atoms in total. The monoisotopic (exact) mass is 191 g/mol. The summed E-state index contributed by atoms with van der Waals surface area (Å²) < 4.78 is 5.32. The van der Waals surface area contributed by atoms with Gasteiger partial charge in [0.2, 0.25) is 0 Å². The van der Waals surface area contributed by atoms with Crippen LogP contribution >= 0.6 is 0 Å². The predicted molar refractivity (Wildman–Crippen MR) is 57.5 cm³/mol. The Labute approximate surface area is 85.3 Å². The molecule has 0 bridgehead atoms. The molecule has 0 unspecified atom stereocenters.